The molecule has 0 N–H and O–H groups in total. The molecule has 17 aromatic rings. The van der Waals surface area contributed by atoms with Gasteiger partial charge >= 0.3 is 0 Å². The van der Waals surface area contributed by atoms with Crippen LogP contribution in [0.25, 0.3) is 122 Å². The molecule has 0 spiro atoms. The Morgan fingerprint density at radius 3 is 1.00 bits per heavy atom. The van der Waals surface area contributed by atoms with Crippen molar-refractivity contribution >= 4 is 101 Å². The van der Waals surface area contributed by atoms with E-state index in [0.29, 0.717) is 0 Å². The molecule has 4 heterocycles. The van der Waals surface area contributed by atoms with Crippen molar-refractivity contribution < 1.29 is 0 Å². The van der Waals surface area contributed by atoms with Crippen molar-refractivity contribution in [2.24, 2.45) is 0 Å². The third-order valence-electron chi connectivity index (χ3n) is 26.0. The lowest BCUT2D eigenvalue weighted by molar-refractivity contribution is 0.332. The van der Waals surface area contributed by atoms with Gasteiger partial charge in [0.2, 0.25) is 0 Å². The summed E-state index contributed by atoms with van der Waals surface area (Å²) in [5.74, 6) is 0. The number of hydrogen-bond acceptors (Lipinski definition) is 2. The molecule has 4 aliphatic rings. The first-order chi connectivity index (χ1) is 54.0. The van der Waals surface area contributed by atoms with Gasteiger partial charge in [-0.15, -0.1) is 0 Å². The predicted octanol–water partition coefficient (Wildman–Crippen LogP) is 26.7. The molecule has 111 heavy (non-hydrogen) atoms. The standard InChI is InChI=1S/C106H87BN4/c1-103(2)55-57-105(5,6)90-62-77(37-48-88(90)103)72-33-43-80(44-34-72)108-98-54-42-79(71-29-19-12-20-30-71)64-93(98)107-92-50-47-82(110-96-52-40-75(69-25-15-10-16-26-69)60-86(96)87-61-76(41-53-97(87)110)70-27-17-11-18-28-70)65-99(92)109(81-45-35-73(36-46-81)78-38-49-89-91(63-78)106(7,8)58-56-104(89,3)4)101-67-83(66-100(108)102(101)107)111-94-32-22-21-31-84(94)85-59-74(39-51-95(85)111)68-23-13-9-14-24-68/h9-54,59-67H,55-58H2,1-8H3. The molecule has 2 aromatic heterocycles. The van der Waals surface area contributed by atoms with Crippen LogP contribution in [0.5, 0.6) is 0 Å². The molecule has 0 unspecified atom stereocenters. The minimum absolute atomic E-state index is 0.0644. The monoisotopic (exact) mass is 1430 g/mol. The van der Waals surface area contributed by atoms with Crippen LogP contribution in [0.3, 0.4) is 0 Å². The molecular formula is C106H87BN4. The summed E-state index contributed by atoms with van der Waals surface area (Å²) < 4.78 is 5.09. The Balaban J connectivity index is 0.838. The molecule has 534 valence electrons. The second kappa shape index (κ2) is 25.1. The molecule has 0 amide bonds. The van der Waals surface area contributed by atoms with Crippen LogP contribution in [0.2, 0.25) is 0 Å². The maximum absolute atomic E-state index is 2.64. The molecular weight excluding hydrogens is 1340 g/mol. The SMILES string of the molecule is CC1(C)CCC(C)(C)c2cc(-c3ccc(N4c5ccc(-c6ccccc6)cc5B5c6ccc(-n7c8ccc(-c9ccccc9)cc8c8cc(-c9ccccc9)ccc87)cc6N(c6ccc(-c7ccc8c(c7)C(C)(C)CCC8(C)C)cc6)c6cc(-n7c8ccccc8c8cc(-c9ccccc9)ccc87)cc4c65)cc3)ccc21. The third kappa shape index (κ3) is 10.8. The maximum Gasteiger partial charge on any atom is 0.252 e. The molecule has 0 saturated heterocycles. The predicted molar refractivity (Wildman–Crippen MR) is 472 cm³/mol. The fraction of sp³-hybridized carbons (Fsp3) is 0.151. The normalized spacial score (nSPS) is 15.5. The lowest BCUT2D eigenvalue weighted by Gasteiger charge is -2.44. The highest BCUT2D eigenvalue weighted by molar-refractivity contribution is 7.00. The molecule has 15 aromatic carbocycles. The highest BCUT2D eigenvalue weighted by Gasteiger charge is 2.45. The Labute approximate surface area is 652 Å². The van der Waals surface area contributed by atoms with E-state index < -0.39 is 0 Å². The largest absolute Gasteiger partial charge is 0.311 e. The lowest BCUT2D eigenvalue weighted by Crippen LogP contribution is -2.61. The summed E-state index contributed by atoms with van der Waals surface area (Å²) in [7, 11) is 0. The highest BCUT2D eigenvalue weighted by atomic mass is 15.2. The molecule has 5 heteroatoms. The Morgan fingerprint density at radius 1 is 0.216 bits per heavy atom. The number of rotatable bonds is 10. The van der Waals surface area contributed by atoms with Gasteiger partial charge in [-0.3, -0.25) is 0 Å². The summed E-state index contributed by atoms with van der Waals surface area (Å²) in [5.41, 5.74) is 38.0. The first-order valence-electron chi connectivity index (χ1n) is 39.9. The highest BCUT2D eigenvalue weighted by Crippen LogP contribution is 2.53. The molecule has 0 radical (unpaired) electrons. The van der Waals surface area contributed by atoms with Gasteiger partial charge in [-0.1, -0.05) is 292 Å². The van der Waals surface area contributed by atoms with E-state index in [1.807, 2.05) is 0 Å². The summed E-state index contributed by atoms with van der Waals surface area (Å²) in [5, 5.41) is 4.85. The average molecular weight is 1430 g/mol. The first-order valence-corrected chi connectivity index (χ1v) is 39.9. The first kappa shape index (κ1) is 66.7. The summed E-state index contributed by atoms with van der Waals surface area (Å²) >= 11 is 0. The van der Waals surface area contributed by atoms with Crippen molar-refractivity contribution in [3.8, 4) is 78.1 Å². The van der Waals surface area contributed by atoms with E-state index in [4.69, 9.17) is 0 Å². The van der Waals surface area contributed by atoms with Gasteiger partial charge in [0, 0.05) is 61.4 Å². The van der Waals surface area contributed by atoms with Crippen LogP contribution >= 0.6 is 0 Å². The van der Waals surface area contributed by atoms with Gasteiger partial charge < -0.3 is 18.9 Å². The van der Waals surface area contributed by atoms with Crippen LogP contribution in [0, 0.1) is 0 Å². The van der Waals surface area contributed by atoms with E-state index in [-0.39, 0.29) is 28.4 Å². The fourth-order valence-corrected chi connectivity index (χ4v) is 19.7. The number of hydrogen-bond donors (Lipinski definition) is 0. The quantitative estimate of drug-likeness (QED) is 0.127. The van der Waals surface area contributed by atoms with Gasteiger partial charge in [0.1, 0.15) is 0 Å². The molecule has 0 atom stereocenters. The van der Waals surface area contributed by atoms with Crippen LogP contribution in [0.15, 0.2) is 334 Å². The summed E-state index contributed by atoms with van der Waals surface area (Å²) in [6.07, 6.45) is 4.68. The number of fused-ring (bicyclic) bond motifs is 12. The molecule has 21 rings (SSSR count). The second-order valence-electron chi connectivity index (χ2n) is 34.5. The van der Waals surface area contributed by atoms with Gasteiger partial charge in [0.15, 0.2) is 0 Å². The Kier molecular flexibility index (Phi) is 15.1. The number of aromatic nitrogens is 2. The number of nitrogens with zero attached hydrogens (tertiary/aromatic N) is 4. The van der Waals surface area contributed by atoms with E-state index in [1.165, 1.54) is 146 Å². The van der Waals surface area contributed by atoms with Crippen LogP contribution in [-0.4, -0.2) is 15.8 Å². The van der Waals surface area contributed by atoms with Crippen LogP contribution in [-0.2, 0) is 21.7 Å². The second-order valence-corrected chi connectivity index (χ2v) is 34.5. The van der Waals surface area contributed by atoms with E-state index >= 15 is 0 Å². The Bertz CT molecular complexity index is 6520. The minimum atomic E-state index is -0.199. The van der Waals surface area contributed by atoms with Gasteiger partial charge in [0.25, 0.3) is 6.71 Å². The molecule has 2 aliphatic heterocycles. The van der Waals surface area contributed by atoms with Gasteiger partial charge in [-0.2, -0.15) is 0 Å². The zero-order chi connectivity index (χ0) is 74.8. The van der Waals surface area contributed by atoms with Gasteiger partial charge in [-0.05, 0) is 250 Å². The smallest absolute Gasteiger partial charge is 0.252 e. The maximum atomic E-state index is 2.64. The molecule has 4 nitrogen and oxygen atoms in total. The number of benzene rings is 15. The van der Waals surface area contributed by atoms with Gasteiger partial charge in [-0.25, -0.2) is 0 Å². The minimum Gasteiger partial charge on any atom is -0.311 e. The molecule has 0 bridgehead atoms. The summed E-state index contributed by atoms with van der Waals surface area (Å²) in [4.78, 5) is 5.25. The third-order valence-corrected chi connectivity index (χ3v) is 26.0. The molecule has 0 fully saturated rings. The zero-order valence-corrected chi connectivity index (χ0v) is 64.4. The average Bonchev–Trinajstić information content (AvgIpc) is 1.55. The van der Waals surface area contributed by atoms with Gasteiger partial charge in [0.05, 0.1) is 27.8 Å². The van der Waals surface area contributed by atoms with Crippen molar-refractivity contribution in [1.29, 1.82) is 0 Å². The van der Waals surface area contributed by atoms with E-state index in [0.717, 1.165) is 74.0 Å². The van der Waals surface area contributed by atoms with Crippen LogP contribution < -0.4 is 26.2 Å². The summed E-state index contributed by atoms with van der Waals surface area (Å²) in [6.45, 7) is 19.3. The fourth-order valence-electron chi connectivity index (χ4n) is 19.7. The van der Waals surface area contributed by atoms with E-state index in [1.54, 1.807) is 0 Å². The molecule has 2 aliphatic carbocycles. The van der Waals surface area contributed by atoms with Crippen molar-refractivity contribution in [2.45, 2.75) is 103 Å². The summed E-state index contributed by atoms with van der Waals surface area (Å²) in [6, 6.07) is 128. The van der Waals surface area contributed by atoms with E-state index in [2.05, 4.69) is 408 Å². The van der Waals surface area contributed by atoms with Crippen molar-refractivity contribution in [2.75, 3.05) is 9.80 Å². The van der Waals surface area contributed by atoms with Crippen molar-refractivity contribution in [1.82, 2.24) is 9.13 Å². The Hall–Kier alpha value is -12.4. The van der Waals surface area contributed by atoms with Crippen LogP contribution in [0.1, 0.15) is 103 Å². The number of para-hydroxylation sites is 1. The zero-order valence-electron chi connectivity index (χ0n) is 64.4. The topological polar surface area (TPSA) is 16.3 Å². The van der Waals surface area contributed by atoms with Crippen molar-refractivity contribution in [3.05, 3.63) is 356 Å². The van der Waals surface area contributed by atoms with E-state index in [9.17, 15) is 0 Å². The van der Waals surface area contributed by atoms with Crippen LogP contribution in [0.4, 0.5) is 34.1 Å². The Morgan fingerprint density at radius 2 is 0.541 bits per heavy atom. The molecule has 0 saturated carbocycles. The number of anilines is 6. The van der Waals surface area contributed by atoms with Crippen molar-refractivity contribution in [3.63, 3.8) is 0 Å². The lowest BCUT2D eigenvalue weighted by atomic mass is 9.33.